The number of aryl methyl sites for hydroxylation is 1. The van der Waals surface area contributed by atoms with Crippen LogP contribution >= 0.6 is 0 Å². The van der Waals surface area contributed by atoms with Gasteiger partial charge in [0.2, 0.25) is 0 Å². The summed E-state index contributed by atoms with van der Waals surface area (Å²) < 4.78 is 0. The van der Waals surface area contributed by atoms with Gasteiger partial charge in [-0.05, 0) is 24.6 Å². The predicted molar refractivity (Wildman–Crippen MR) is 81.6 cm³/mol. The van der Waals surface area contributed by atoms with Gasteiger partial charge in [-0.3, -0.25) is 14.5 Å². The molecule has 0 bridgehead atoms. The van der Waals surface area contributed by atoms with Gasteiger partial charge in [-0.2, -0.15) is 0 Å². The van der Waals surface area contributed by atoms with Crippen molar-refractivity contribution in [1.29, 1.82) is 0 Å². The van der Waals surface area contributed by atoms with E-state index in [2.05, 4.69) is 5.32 Å². The Balaban J connectivity index is 1.91. The monoisotopic (exact) mass is 307 g/mol. The van der Waals surface area contributed by atoms with Crippen LogP contribution in [0.5, 0.6) is 5.75 Å². The molecule has 0 saturated carbocycles. The average molecular weight is 307 g/mol. The third-order valence-corrected chi connectivity index (χ3v) is 3.67. The van der Waals surface area contributed by atoms with Crippen LogP contribution in [0, 0.1) is 6.92 Å². The van der Waals surface area contributed by atoms with E-state index in [9.17, 15) is 14.7 Å². The molecule has 3 N–H and O–H groups in total. The molecule has 1 aromatic rings. The summed E-state index contributed by atoms with van der Waals surface area (Å²) in [4.78, 5) is 27.6. The lowest BCUT2D eigenvalue weighted by molar-refractivity contribution is -0.144. The highest BCUT2D eigenvalue weighted by atomic mass is 16.3. The van der Waals surface area contributed by atoms with Crippen LogP contribution in [-0.2, 0) is 9.59 Å². The van der Waals surface area contributed by atoms with Crippen LogP contribution in [0.25, 0.3) is 0 Å². The first-order chi connectivity index (χ1) is 10.5. The van der Waals surface area contributed by atoms with Gasteiger partial charge in [0, 0.05) is 32.7 Å². The van der Waals surface area contributed by atoms with Crippen molar-refractivity contribution in [2.45, 2.75) is 6.92 Å². The molecule has 2 rings (SSSR count). The number of aliphatic hydroxyl groups is 1. The normalized spacial score (nSPS) is 15.6. The molecule has 7 nitrogen and oxygen atoms in total. The van der Waals surface area contributed by atoms with Gasteiger partial charge in [0.25, 0.3) is 0 Å². The van der Waals surface area contributed by atoms with Gasteiger partial charge in [-0.25, -0.2) is 0 Å². The molecule has 1 aliphatic heterocycles. The fourth-order valence-electron chi connectivity index (χ4n) is 2.38. The number of anilines is 1. The van der Waals surface area contributed by atoms with E-state index in [0.29, 0.717) is 32.7 Å². The molecule has 0 aromatic heterocycles. The molecule has 1 fully saturated rings. The Kier molecular flexibility index (Phi) is 5.35. The van der Waals surface area contributed by atoms with Crippen molar-refractivity contribution in [3.63, 3.8) is 0 Å². The Bertz CT molecular complexity index is 554. The molecule has 2 amide bonds. The van der Waals surface area contributed by atoms with Gasteiger partial charge in [0.1, 0.15) is 5.75 Å². The van der Waals surface area contributed by atoms with Crippen molar-refractivity contribution in [1.82, 2.24) is 9.80 Å². The van der Waals surface area contributed by atoms with E-state index in [0.717, 1.165) is 5.56 Å². The first-order valence-electron chi connectivity index (χ1n) is 7.24. The van der Waals surface area contributed by atoms with E-state index in [1.165, 1.54) is 11.0 Å². The molecular weight excluding hydrogens is 286 g/mol. The summed E-state index contributed by atoms with van der Waals surface area (Å²) in [5, 5.41) is 21.1. The summed E-state index contributed by atoms with van der Waals surface area (Å²) in [6.45, 7) is 4.65. The minimum Gasteiger partial charge on any atom is -0.506 e. The SMILES string of the molecule is Cc1ccc(NC(=O)C(=O)N2CCN(CCO)CC2)c(O)c1. The molecule has 7 heteroatoms. The molecule has 1 heterocycles. The van der Waals surface area contributed by atoms with Gasteiger partial charge in [0.05, 0.1) is 12.3 Å². The van der Waals surface area contributed by atoms with Crippen molar-refractivity contribution in [3.05, 3.63) is 23.8 Å². The number of aromatic hydroxyl groups is 1. The number of benzene rings is 1. The second kappa shape index (κ2) is 7.24. The molecule has 0 aliphatic carbocycles. The predicted octanol–water partition coefficient (Wildman–Crippen LogP) is -0.224. The fourth-order valence-corrected chi connectivity index (χ4v) is 2.38. The number of nitrogens with zero attached hydrogens (tertiary/aromatic N) is 2. The van der Waals surface area contributed by atoms with Crippen LogP contribution in [-0.4, -0.2) is 71.2 Å². The van der Waals surface area contributed by atoms with E-state index in [1.54, 1.807) is 12.1 Å². The lowest BCUT2D eigenvalue weighted by atomic mass is 10.2. The first kappa shape index (κ1) is 16.3. The molecule has 0 spiro atoms. The molecular formula is C15H21N3O4. The highest BCUT2D eigenvalue weighted by Crippen LogP contribution is 2.23. The van der Waals surface area contributed by atoms with Gasteiger partial charge in [-0.1, -0.05) is 6.07 Å². The van der Waals surface area contributed by atoms with Crippen molar-refractivity contribution in [3.8, 4) is 5.75 Å². The lowest BCUT2D eigenvalue weighted by Crippen LogP contribution is -2.52. The second-order valence-corrected chi connectivity index (χ2v) is 5.33. The Morgan fingerprint density at radius 2 is 1.91 bits per heavy atom. The summed E-state index contributed by atoms with van der Waals surface area (Å²) in [5.41, 5.74) is 1.09. The number of amides is 2. The molecule has 1 aliphatic rings. The van der Waals surface area contributed by atoms with E-state index in [1.807, 2.05) is 11.8 Å². The van der Waals surface area contributed by atoms with Crippen molar-refractivity contribution >= 4 is 17.5 Å². The number of carbonyl (C=O) groups excluding carboxylic acids is 2. The van der Waals surface area contributed by atoms with Crippen LogP contribution in [0.4, 0.5) is 5.69 Å². The first-order valence-corrected chi connectivity index (χ1v) is 7.24. The summed E-state index contributed by atoms with van der Waals surface area (Å²) in [6.07, 6.45) is 0. The highest BCUT2D eigenvalue weighted by Gasteiger charge is 2.26. The minimum absolute atomic E-state index is 0.0612. The third-order valence-electron chi connectivity index (χ3n) is 3.67. The Hall–Kier alpha value is -2.12. The van der Waals surface area contributed by atoms with Crippen molar-refractivity contribution in [2.24, 2.45) is 0 Å². The molecule has 0 atom stereocenters. The summed E-state index contributed by atoms with van der Waals surface area (Å²) >= 11 is 0. The molecule has 120 valence electrons. The Morgan fingerprint density at radius 1 is 1.23 bits per heavy atom. The lowest BCUT2D eigenvalue weighted by Gasteiger charge is -2.33. The summed E-state index contributed by atoms with van der Waals surface area (Å²) in [5.74, 6) is -1.42. The number of nitrogens with one attached hydrogen (secondary N) is 1. The number of hydrogen-bond acceptors (Lipinski definition) is 5. The van der Waals surface area contributed by atoms with E-state index in [-0.39, 0.29) is 18.0 Å². The van der Waals surface area contributed by atoms with Crippen molar-refractivity contribution < 1.29 is 19.8 Å². The number of piperazine rings is 1. The summed E-state index contributed by atoms with van der Waals surface area (Å²) in [6, 6.07) is 4.83. The van der Waals surface area contributed by atoms with Crippen LogP contribution in [0.15, 0.2) is 18.2 Å². The van der Waals surface area contributed by atoms with Crippen LogP contribution in [0.1, 0.15) is 5.56 Å². The van der Waals surface area contributed by atoms with E-state index >= 15 is 0 Å². The number of rotatable bonds is 3. The standard InChI is InChI=1S/C15H21N3O4/c1-11-2-3-12(13(20)10-11)16-14(21)15(22)18-6-4-17(5-7-18)8-9-19/h2-3,10,19-20H,4-9H2,1H3,(H,16,21). The van der Waals surface area contributed by atoms with E-state index in [4.69, 9.17) is 5.11 Å². The number of aliphatic hydroxyl groups excluding tert-OH is 1. The van der Waals surface area contributed by atoms with Gasteiger partial charge < -0.3 is 20.4 Å². The van der Waals surface area contributed by atoms with Crippen LogP contribution in [0.3, 0.4) is 0 Å². The quantitative estimate of drug-likeness (QED) is 0.530. The molecule has 22 heavy (non-hydrogen) atoms. The molecule has 1 saturated heterocycles. The average Bonchev–Trinajstić information content (AvgIpc) is 2.50. The minimum atomic E-state index is -0.755. The van der Waals surface area contributed by atoms with Gasteiger partial charge in [0.15, 0.2) is 0 Å². The second-order valence-electron chi connectivity index (χ2n) is 5.33. The summed E-state index contributed by atoms with van der Waals surface area (Å²) in [7, 11) is 0. The van der Waals surface area contributed by atoms with Gasteiger partial charge in [-0.15, -0.1) is 0 Å². The fraction of sp³-hybridized carbons (Fsp3) is 0.467. The molecule has 0 unspecified atom stereocenters. The Morgan fingerprint density at radius 3 is 2.50 bits per heavy atom. The number of phenolic OH excluding ortho intramolecular Hbond substituents is 1. The smallest absolute Gasteiger partial charge is 0.314 e. The Labute approximate surface area is 129 Å². The van der Waals surface area contributed by atoms with E-state index < -0.39 is 11.8 Å². The zero-order valence-electron chi connectivity index (χ0n) is 12.6. The molecule has 0 radical (unpaired) electrons. The highest BCUT2D eigenvalue weighted by molar-refractivity contribution is 6.39. The third kappa shape index (κ3) is 3.96. The number of phenols is 1. The van der Waals surface area contributed by atoms with Gasteiger partial charge >= 0.3 is 11.8 Å². The number of β-amino-alcohol motifs (C(OH)–C–C–N with tert-alkyl or cyclic N) is 1. The van der Waals surface area contributed by atoms with Crippen LogP contribution in [0.2, 0.25) is 0 Å². The maximum absolute atomic E-state index is 12.1. The zero-order valence-corrected chi connectivity index (χ0v) is 12.6. The zero-order chi connectivity index (χ0) is 16.1. The largest absolute Gasteiger partial charge is 0.506 e. The molecule has 1 aromatic carbocycles. The van der Waals surface area contributed by atoms with Crippen molar-refractivity contribution in [2.75, 3.05) is 44.6 Å². The maximum Gasteiger partial charge on any atom is 0.314 e. The van der Waals surface area contributed by atoms with Crippen LogP contribution < -0.4 is 5.32 Å². The number of carbonyl (C=O) groups is 2. The topological polar surface area (TPSA) is 93.1 Å². The maximum atomic E-state index is 12.1. The number of hydrogen-bond donors (Lipinski definition) is 3.